The number of aliphatic hydroxyl groups is 1. The number of carbonyl (C=O) groups is 2. The van der Waals surface area contributed by atoms with Gasteiger partial charge in [0.1, 0.15) is 6.17 Å². The molecule has 8 heteroatoms. The third-order valence-electron chi connectivity index (χ3n) is 9.39. The van der Waals surface area contributed by atoms with Crippen LogP contribution in [0.3, 0.4) is 0 Å². The lowest BCUT2D eigenvalue weighted by Crippen LogP contribution is -2.70. The molecule has 0 bridgehead atoms. The molecule has 0 spiro atoms. The highest BCUT2D eigenvalue weighted by Gasteiger charge is 2.77. The summed E-state index contributed by atoms with van der Waals surface area (Å²) in [5.74, 6) is -2.43. The smallest absolute Gasteiger partial charge is 0.306 e. The molecule has 0 radical (unpaired) electrons. The minimum absolute atomic E-state index is 0.0421. The Kier molecular flexibility index (Phi) is 6.12. The van der Waals surface area contributed by atoms with Crippen molar-refractivity contribution in [2.24, 2.45) is 28.6 Å². The summed E-state index contributed by atoms with van der Waals surface area (Å²) in [5, 5.41) is 11.6. The summed E-state index contributed by atoms with van der Waals surface area (Å²) in [6.45, 7) is 7.18. The van der Waals surface area contributed by atoms with Gasteiger partial charge in [0.15, 0.2) is 17.1 Å². The van der Waals surface area contributed by atoms with Gasteiger partial charge in [-0.3, -0.25) is 9.59 Å². The van der Waals surface area contributed by atoms with E-state index < -0.39 is 52.2 Å². The fourth-order valence-electron chi connectivity index (χ4n) is 7.80. The number of ether oxygens (including phenoxy) is 2. The number of halogens is 2. The summed E-state index contributed by atoms with van der Waals surface area (Å²) in [4.78, 5) is 24.7. The highest BCUT2D eigenvalue weighted by Crippen LogP contribution is 2.71. The van der Waals surface area contributed by atoms with E-state index in [4.69, 9.17) is 21.7 Å². The van der Waals surface area contributed by atoms with Gasteiger partial charge < -0.3 is 14.6 Å². The molecule has 188 valence electrons. The molecule has 4 aliphatic rings. The SMILES string of the molecule is CCCC(=O)O[C@]1(C(=S)OC)[C@@H](C)C[C@H]2[C@@H]3C[C@H](F)C4=CC(=O)C=C[C@]4(C)[C@@]3(F)[C@@H](O)C[C@@]21C. The standard InChI is InChI=1S/C26H34F2O5S/c1-6-7-21(31)33-26(22(34)32-5)14(2)10-16-17-12-19(27)18-11-15(29)8-9-23(18,3)25(17,28)20(30)13-24(16,26)4/h8-9,11,14,16-17,19-20,30H,6-7,10,12-13H2,1-5H3/t14-,16-,17-,19-,20-,23-,24-,25-,26-/m0/s1. The van der Waals surface area contributed by atoms with Crippen LogP contribution >= 0.6 is 12.2 Å². The number of methoxy groups -OCH3 is 1. The molecule has 0 saturated heterocycles. The Labute approximate surface area is 204 Å². The number of esters is 1. The first-order valence-corrected chi connectivity index (χ1v) is 12.5. The molecule has 3 saturated carbocycles. The Bertz CT molecular complexity index is 980. The van der Waals surface area contributed by atoms with E-state index in [1.807, 2.05) is 20.8 Å². The Hall–Kier alpha value is -1.67. The van der Waals surface area contributed by atoms with Crippen LogP contribution in [0.15, 0.2) is 23.8 Å². The van der Waals surface area contributed by atoms with Gasteiger partial charge >= 0.3 is 5.97 Å². The fraction of sp³-hybridized carbons (Fsp3) is 0.731. The third-order valence-corrected chi connectivity index (χ3v) is 9.86. The van der Waals surface area contributed by atoms with E-state index in [9.17, 15) is 14.7 Å². The minimum Gasteiger partial charge on any atom is -0.487 e. The number of thiocarbonyl (C=S) groups is 1. The summed E-state index contributed by atoms with van der Waals surface area (Å²) < 4.78 is 44.5. The van der Waals surface area contributed by atoms with E-state index in [-0.39, 0.29) is 41.6 Å². The van der Waals surface area contributed by atoms with Crippen molar-refractivity contribution in [3.8, 4) is 0 Å². The summed E-state index contributed by atoms with van der Waals surface area (Å²) >= 11 is 5.60. The summed E-state index contributed by atoms with van der Waals surface area (Å²) in [7, 11) is 1.42. The summed E-state index contributed by atoms with van der Waals surface area (Å²) in [6.07, 6.45) is 1.85. The molecule has 0 aromatic carbocycles. The lowest BCUT2D eigenvalue weighted by molar-refractivity contribution is -0.222. The zero-order chi connectivity index (χ0) is 25.3. The van der Waals surface area contributed by atoms with E-state index in [0.29, 0.717) is 12.8 Å². The van der Waals surface area contributed by atoms with Crippen LogP contribution in [0, 0.1) is 28.6 Å². The van der Waals surface area contributed by atoms with Gasteiger partial charge in [0, 0.05) is 29.1 Å². The van der Waals surface area contributed by atoms with Crippen LogP contribution < -0.4 is 0 Å². The number of alkyl halides is 2. The average molecular weight is 497 g/mol. The Balaban J connectivity index is 1.86. The van der Waals surface area contributed by atoms with E-state index in [1.165, 1.54) is 25.3 Å². The van der Waals surface area contributed by atoms with Crippen molar-refractivity contribution in [3.63, 3.8) is 0 Å². The van der Waals surface area contributed by atoms with Gasteiger partial charge in [-0.2, -0.15) is 0 Å². The zero-order valence-electron chi connectivity index (χ0n) is 20.4. The molecule has 3 fully saturated rings. The molecular weight excluding hydrogens is 462 g/mol. The second-order valence-corrected chi connectivity index (χ2v) is 11.3. The molecule has 0 aliphatic heterocycles. The van der Waals surface area contributed by atoms with Gasteiger partial charge in [0.25, 0.3) is 0 Å². The van der Waals surface area contributed by atoms with E-state index in [2.05, 4.69) is 0 Å². The first-order chi connectivity index (χ1) is 15.8. The maximum absolute atomic E-state index is 17.3. The van der Waals surface area contributed by atoms with Crippen molar-refractivity contribution in [2.75, 3.05) is 7.11 Å². The normalized spacial score (nSPS) is 47.2. The molecule has 4 aliphatic carbocycles. The van der Waals surface area contributed by atoms with Gasteiger partial charge in [-0.15, -0.1) is 0 Å². The lowest BCUT2D eigenvalue weighted by Gasteiger charge is -2.63. The number of rotatable bonds is 4. The van der Waals surface area contributed by atoms with Gasteiger partial charge in [0.05, 0.1) is 13.2 Å². The first kappa shape index (κ1) is 25.4. The molecule has 0 aromatic rings. The molecule has 34 heavy (non-hydrogen) atoms. The molecule has 0 aromatic heterocycles. The fourth-order valence-corrected chi connectivity index (χ4v) is 8.28. The number of fused-ring (bicyclic) bond motifs is 5. The summed E-state index contributed by atoms with van der Waals surface area (Å²) in [6, 6.07) is 0. The van der Waals surface area contributed by atoms with Gasteiger partial charge in [-0.1, -0.05) is 26.8 Å². The monoisotopic (exact) mass is 496 g/mol. The van der Waals surface area contributed by atoms with Crippen LogP contribution in [-0.2, 0) is 19.1 Å². The van der Waals surface area contributed by atoms with Crippen molar-refractivity contribution in [1.29, 1.82) is 0 Å². The highest BCUT2D eigenvalue weighted by molar-refractivity contribution is 7.80. The van der Waals surface area contributed by atoms with Crippen molar-refractivity contribution in [3.05, 3.63) is 23.8 Å². The lowest BCUT2D eigenvalue weighted by atomic mass is 9.44. The summed E-state index contributed by atoms with van der Waals surface area (Å²) in [5.41, 5.74) is -5.88. The molecule has 0 heterocycles. The van der Waals surface area contributed by atoms with E-state index >= 15 is 8.78 Å². The van der Waals surface area contributed by atoms with Crippen LogP contribution in [0.2, 0.25) is 0 Å². The number of carbonyl (C=O) groups excluding carboxylic acids is 2. The average Bonchev–Trinajstić information content (AvgIpc) is 2.99. The highest BCUT2D eigenvalue weighted by atomic mass is 32.1. The van der Waals surface area contributed by atoms with Crippen LogP contribution in [0.4, 0.5) is 8.78 Å². The predicted molar refractivity (Wildman–Crippen MR) is 127 cm³/mol. The zero-order valence-corrected chi connectivity index (χ0v) is 21.2. The largest absolute Gasteiger partial charge is 0.487 e. The van der Waals surface area contributed by atoms with E-state index in [0.717, 1.165) is 0 Å². The van der Waals surface area contributed by atoms with Crippen molar-refractivity contribution < 1.29 is 33.0 Å². The van der Waals surface area contributed by atoms with Gasteiger partial charge in [-0.25, -0.2) is 8.78 Å². The number of hydrogen-bond acceptors (Lipinski definition) is 6. The molecule has 0 unspecified atom stereocenters. The maximum Gasteiger partial charge on any atom is 0.306 e. The molecule has 1 N–H and O–H groups in total. The first-order valence-electron chi connectivity index (χ1n) is 12.1. The van der Waals surface area contributed by atoms with Crippen LogP contribution in [0.1, 0.15) is 59.8 Å². The van der Waals surface area contributed by atoms with Crippen molar-refractivity contribution in [1.82, 2.24) is 0 Å². The molecular formula is C26H34F2O5S. The predicted octanol–water partition coefficient (Wildman–Crippen LogP) is 4.61. The Morgan fingerprint density at radius 3 is 2.59 bits per heavy atom. The van der Waals surface area contributed by atoms with Crippen molar-refractivity contribution >= 4 is 29.0 Å². The Morgan fingerprint density at radius 2 is 1.97 bits per heavy atom. The molecule has 4 rings (SSSR count). The number of allylic oxidation sites excluding steroid dienone is 4. The molecule has 9 atom stereocenters. The van der Waals surface area contributed by atoms with Crippen LogP contribution in [0.25, 0.3) is 0 Å². The number of hydrogen-bond donors (Lipinski definition) is 1. The van der Waals surface area contributed by atoms with Crippen LogP contribution in [0.5, 0.6) is 0 Å². The topological polar surface area (TPSA) is 72.8 Å². The maximum atomic E-state index is 17.3. The minimum atomic E-state index is -2.19. The van der Waals surface area contributed by atoms with Gasteiger partial charge in [-0.05, 0) is 68.5 Å². The third kappa shape index (κ3) is 3.00. The Morgan fingerprint density at radius 1 is 1.29 bits per heavy atom. The quantitative estimate of drug-likeness (QED) is 0.453. The van der Waals surface area contributed by atoms with Crippen LogP contribution in [-0.4, -0.2) is 52.6 Å². The second-order valence-electron chi connectivity index (χ2n) is 10.9. The second kappa shape index (κ2) is 8.19. The van der Waals surface area contributed by atoms with Gasteiger partial charge in [0.2, 0.25) is 5.05 Å². The number of aliphatic hydroxyl groups excluding tert-OH is 1. The van der Waals surface area contributed by atoms with E-state index in [1.54, 1.807) is 6.92 Å². The molecule has 5 nitrogen and oxygen atoms in total. The van der Waals surface area contributed by atoms with Crippen molar-refractivity contribution in [2.45, 2.75) is 83.3 Å². The molecule has 0 amide bonds. The number of ketones is 1.